The maximum atomic E-state index is 12.5. The van der Waals surface area contributed by atoms with Crippen LogP contribution in [-0.2, 0) is 16.0 Å². The zero-order valence-corrected chi connectivity index (χ0v) is 30.8. The van der Waals surface area contributed by atoms with E-state index in [0.29, 0.717) is 69.5 Å². The van der Waals surface area contributed by atoms with Gasteiger partial charge in [-0.1, -0.05) is 12.1 Å². The number of ether oxygens (including phenoxy) is 11. The molecule has 0 unspecified atom stereocenters. The molecule has 4 aromatic carbocycles. The largest absolute Gasteiger partial charge is 0.497 e. The highest BCUT2D eigenvalue weighted by Crippen LogP contribution is 2.57. The zero-order chi connectivity index (χ0) is 37.1. The van der Waals surface area contributed by atoms with Gasteiger partial charge in [0.1, 0.15) is 41.0 Å². The normalized spacial score (nSPS) is 18.7. The Morgan fingerprint density at radius 1 is 0.635 bits per heavy atom. The molecule has 276 valence electrons. The summed E-state index contributed by atoms with van der Waals surface area (Å²) in [6.45, 7) is 1.37. The van der Waals surface area contributed by atoms with Crippen molar-refractivity contribution in [1.82, 2.24) is 0 Å². The van der Waals surface area contributed by atoms with Gasteiger partial charge in [-0.2, -0.15) is 0 Å². The van der Waals surface area contributed by atoms with Crippen molar-refractivity contribution in [3.8, 4) is 57.5 Å². The van der Waals surface area contributed by atoms with Gasteiger partial charge in [0, 0.05) is 53.6 Å². The molecule has 12 nitrogen and oxygen atoms in total. The summed E-state index contributed by atoms with van der Waals surface area (Å²) in [6, 6.07) is 17.0. The molecule has 2 aliphatic heterocycles. The van der Waals surface area contributed by atoms with Crippen molar-refractivity contribution in [2.24, 2.45) is 0 Å². The molecule has 52 heavy (non-hydrogen) atoms. The number of rotatable bonds is 12. The predicted molar refractivity (Wildman–Crippen MR) is 191 cm³/mol. The third-order valence-corrected chi connectivity index (χ3v) is 9.57. The van der Waals surface area contributed by atoms with Crippen molar-refractivity contribution < 1.29 is 56.9 Å². The minimum absolute atomic E-state index is 0.273. The van der Waals surface area contributed by atoms with Crippen LogP contribution in [0.1, 0.15) is 59.3 Å². The molecule has 0 saturated heterocycles. The average Bonchev–Trinajstić information content (AvgIpc) is 3.17. The number of carbonyl (C=O) groups is 1. The lowest BCUT2D eigenvalue weighted by molar-refractivity contribution is -0.152. The molecular formula is C40H44O12. The van der Waals surface area contributed by atoms with Gasteiger partial charge in [0.05, 0.1) is 56.9 Å². The van der Waals surface area contributed by atoms with Crippen molar-refractivity contribution in [3.05, 3.63) is 82.4 Å². The standard InChI is InChI=1S/C40H44O12/c1-21(41)50-35-19-27-31(45-5)20-34(47-7)36(38(27)52-37(35)25-13-15-29(44-4)40(49-9)39(25)48-8)26-18-30(22-10-14-28(43-3)33(16-22)46-6)51-32-17-23(42-2)11-12-24(26)32/h10-17,20,26,30,35,37H,18-19H2,1-9H3/t26-,30-,35+,37+/m0/s1. The van der Waals surface area contributed by atoms with Crippen LogP contribution in [0, 0.1) is 0 Å². The molecule has 0 amide bonds. The molecule has 2 heterocycles. The molecule has 0 aromatic heterocycles. The Labute approximate surface area is 303 Å². The van der Waals surface area contributed by atoms with E-state index in [-0.39, 0.29) is 12.3 Å². The van der Waals surface area contributed by atoms with E-state index in [2.05, 4.69) is 0 Å². The van der Waals surface area contributed by atoms with Crippen molar-refractivity contribution in [1.29, 1.82) is 0 Å². The van der Waals surface area contributed by atoms with Crippen molar-refractivity contribution in [2.75, 3.05) is 56.9 Å². The summed E-state index contributed by atoms with van der Waals surface area (Å²) in [7, 11) is 12.6. The first kappa shape index (κ1) is 36.2. The van der Waals surface area contributed by atoms with E-state index in [1.807, 2.05) is 48.5 Å². The summed E-state index contributed by atoms with van der Waals surface area (Å²) >= 11 is 0. The van der Waals surface area contributed by atoms with E-state index in [1.54, 1.807) is 48.7 Å². The van der Waals surface area contributed by atoms with Crippen LogP contribution in [0.4, 0.5) is 0 Å². The Morgan fingerprint density at radius 3 is 1.94 bits per heavy atom. The third-order valence-electron chi connectivity index (χ3n) is 9.57. The van der Waals surface area contributed by atoms with E-state index < -0.39 is 24.3 Å². The second-order valence-electron chi connectivity index (χ2n) is 12.2. The minimum atomic E-state index is -0.821. The van der Waals surface area contributed by atoms with Crippen LogP contribution in [-0.4, -0.2) is 69.0 Å². The summed E-state index contributed by atoms with van der Waals surface area (Å²) in [5.74, 6) is 4.60. The van der Waals surface area contributed by atoms with E-state index >= 15 is 0 Å². The highest BCUT2D eigenvalue weighted by Gasteiger charge is 2.43. The highest BCUT2D eigenvalue weighted by molar-refractivity contribution is 5.68. The number of hydrogen-bond donors (Lipinski definition) is 0. The van der Waals surface area contributed by atoms with Gasteiger partial charge in [0.2, 0.25) is 5.75 Å². The summed E-state index contributed by atoms with van der Waals surface area (Å²) in [6.07, 6.45) is -1.21. The van der Waals surface area contributed by atoms with Crippen LogP contribution < -0.4 is 47.4 Å². The van der Waals surface area contributed by atoms with E-state index in [0.717, 1.165) is 22.3 Å². The molecule has 0 aliphatic carbocycles. The summed E-state index contributed by atoms with van der Waals surface area (Å²) in [5, 5.41) is 0. The van der Waals surface area contributed by atoms with E-state index in [9.17, 15) is 4.79 Å². The molecule has 0 bridgehead atoms. The molecule has 6 rings (SSSR count). The predicted octanol–water partition coefficient (Wildman–Crippen LogP) is 7.02. The fraction of sp³-hybridized carbons (Fsp3) is 0.375. The Morgan fingerprint density at radius 2 is 1.31 bits per heavy atom. The maximum absolute atomic E-state index is 12.5. The van der Waals surface area contributed by atoms with E-state index in [1.165, 1.54) is 21.1 Å². The lowest BCUT2D eigenvalue weighted by Gasteiger charge is -2.39. The summed E-state index contributed by atoms with van der Waals surface area (Å²) < 4.78 is 65.6. The van der Waals surface area contributed by atoms with E-state index in [4.69, 9.17) is 52.1 Å². The Balaban J connectivity index is 1.57. The molecule has 0 saturated carbocycles. The molecule has 0 radical (unpaired) electrons. The van der Waals surface area contributed by atoms with Crippen LogP contribution in [0.15, 0.2) is 54.6 Å². The topological polar surface area (TPSA) is 119 Å². The van der Waals surface area contributed by atoms with Gasteiger partial charge in [-0.3, -0.25) is 4.79 Å². The first-order valence-corrected chi connectivity index (χ1v) is 16.7. The highest BCUT2D eigenvalue weighted by atomic mass is 16.6. The zero-order valence-electron chi connectivity index (χ0n) is 30.8. The van der Waals surface area contributed by atoms with Crippen LogP contribution in [0.2, 0.25) is 0 Å². The van der Waals surface area contributed by atoms with Gasteiger partial charge >= 0.3 is 5.97 Å². The fourth-order valence-corrected chi connectivity index (χ4v) is 7.22. The maximum Gasteiger partial charge on any atom is 0.303 e. The molecule has 0 fully saturated rings. The monoisotopic (exact) mass is 716 g/mol. The van der Waals surface area contributed by atoms with Gasteiger partial charge in [-0.25, -0.2) is 0 Å². The Hall–Kier alpha value is -5.65. The van der Waals surface area contributed by atoms with Crippen LogP contribution >= 0.6 is 0 Å². The second-order valence-corrected chi connectivity index (χ2v) is 12.2. The quantitative estimate of drug-likeness (QED) is 0.140. The van der Waals surface area contributed by atoms with Gasteiger partial charge in [0.15, 0.2) is 29.1 Å². The third kappa shape index (κ3) is 6.49. The van der Waals surface area contributed by atoms with Crippen LogP contribution in [0.25, 0.3) is 0 Å². The summed E-state index contributed by atoms with van der Waals surface area (Å²) in [5.41, 5.74) is 3.91. The molecule has 2 aliphatic rings. The van der Waals surface area contributed by atoms with Gasteiger partial charge in [0.25, 0.3) is 0 Å². The number of fused-ring (bicyclic) bond motifs is 2. The number of methoxy groups -OCH3 is 8. The molecule has 4 atom stereocenters. The van der Waals surface area contributed by atoms with Crippen molar-refractivity contribution >= 4 is 5.97 Å². The molecule has 0 N–H and O–H groups in total. The SMILES string of the molecule is COc1ccc2c(c1)O[C@H](c1ccc(OC)c(OC)c1)C[C@@H]2c1c(OC)cc(OC)c2c1O[C@H](c1ccc(OC)c(OC)c1OC)[C@H](OC(C)=O)C2. The minimum Gasteiger partial charge on any atom is -0.497 e. The van der Waals surface area contributed by atoms with Crippen molar-refractivity contribution in [2.45, 2.75) is 44.0 Å². The van der Waals surface area contributed by atoms with Crippen LogP contribution in [0.3, 0.4) is 0 Å². The fourth-order valence-electron chi connectivity index (χ4n) is 7.22. The Bertz CT molecular complexity index is 1940. The van der Waals surface area contributed by atoms with Gasteiger partial charge in [-0.15, -0.1) is 0 Å². The van der Waals surface area contributed by atoms with Gasteiger partial charge < -0.3 is 52.1 Å². The molecule has 0 spiro atoms. The summed E-state index contributed by atoms with van der Waals surface area (Å²) in [4.78, 5) is 12.5. The molecule has 4 aromatic rings. The number of esters is 1. The Kier molecular flexibility index (Phi) is 10.6. The lowest BCUT2D eigenvalue weighted by Crippen LogP contribution is -2.35. The number of benzene rings is 4. The first-order valence-electron chi connectivity index (χ1n) is 16.7. The first-order chi connectivity index (χ1) is 25.2. The average molecular weight is 717 g/mol. The molecular weight excluding hydrogens is 672 g/mol. The number of carbonyl (C=O) groups excluding carboxylic acids is 1. The number of hydrogen-bond acceptors (Lipinski definition) is 12. The van der Waals surface area contributed by atoms with Gasteiger partial charge in [-0.05, 0) is 42.3 Å². The van der Waals surface area contributed by atoms with Crippen LogP contribution in [0.5, 0.6) is 57.5 Å². The second kappa shape index (κ2) is 15.3. The lowest BCUT2D eigenvalue weighted by atomic mass is 9.79. The van der Waals surface area contributed by atoms with Crippen molar-refractivity contribution in [3.63, 3.8) is 0 Å². The molecule has 12 heteroatoms. The smallest absolute Gasteiger partial charge is 0.303 e.